The van der Waals surface area contributed by atoms with Crippen molar-refractivity contribution in [2.75, 3.05) is 0 Å². The van der Waals surface area contributed by atoms with Gasteiger partial charge in [0, 0.05) is 16.4 Å². The molecule has 0 aliphatic heterocycles. The van der Waals surface area contributed by atoms with E-state index in [9.17, 15) is 9.59 Å². The Morgan fingerprint density at radius 3 is 2.23 bits per heavy atom. The number of halogens is 1. The summed E-state index contributed by atoms with van der Waals surface area (Å²) >= 11 is 3.37. The molecule has 1 aromatic rings. The molecular formula is C16H22BrN3O2. The second-order valence-electron chi connectivity index (χ2n) is 6.13. The normalized spacial score (nSPS) is 24.3. The van der Waals surface area contributed by atoms with E-state index >= 15 is 0 Å². The molecule has 1 aromatic carbocycles. The summed E-state index contributed by atoms with van der Waals surface area (Å²) in [5.74, 6) is -0.510. The molecule has 2 amide bonds. The van der Waals surface area contributed by atoms with Gasteiger partial charge in [-0.15, -0.1) is 0 Å². The van der Waals surface area contributed by atoms with Crippen LogP contribution in [0.3, 0.4) is 0 Å². The highest BCUT2D eigenvalue weighted by atomic mass is 79.9. The SMILES string of the molecule is CC(N)(C(=O)NC1CCC(C(N)=O)CC1)c1ccc(Br)cc1. The van der Waals surface area contributed by atoms with Crippen LogP contribution >= 0.6 is 15.9 Å². The van der Waals surface area contributed by atoms with E-state index in [-0.39, 0.29) is 23.8 Å². The van der Waals surface area contributed by atoms with Crippen molar-refractivity contribution in [1.29, 1.82) is 0 Å². The third-order valence-electron chi connectivity index (χ3n) is 4.38. The summed E-state index contributed by atoms with van der Waals surface area (Å²) in [5.41, 5.74) is 11.2. The van der Waals surface area contributed by atoms with E-state index in [1.54, 1.807) is 6.92 Å². The lowest BCUT2D eigenvalue weighted by Gasteiger charge is -2.31. The fourth-order valence-corrected chi connectivity index (χ4v) is 3.05. The highest BCUT2D eigenvalue weighted by molar-refractivity contribution is 9.10. The first-order valence-corrected chi connectivity index (χ1v) is 8.25. The van der Waals surface area contributed by atoms with Gasteiger partial charge >= 0.3 is 0 Å². The zero-order valence-electron chi connectivity index (χ0n) is 12.6. The maximum atomic E-state index is 12.5. The maximum Gasteiger partial charge on any atom is 0.244 e. The summed E-state index contributed by atoms with van der Waals surface area (Å²) in [7, 11) is 0. The van der Waals surface area contributed by atoms with Gasteiger partial charge in [-0.05, 0) is 50.3 Å². The topological polar surface area (TPSA) is 98.2 Å². The van der Waals surface area contributed by atoms with Crippen molar-refractivity contribution in [3.05, 3.63) is 34.3 Å². The molecule has 1 aliphatic carbocycles. The van der Waals surface area contributed by atoms with E-state index < -0.39 is 5.54 Å². The minimum Gasteiger partial charge on any atom is -0.369 e. The van der Waals surface area contributed by atoms with Crippen LogP contribution in [0.25, 0.3) is 0 Å². The minimum atomic E-state index is -1.08. The van der Waals surface area contributed by atoms with Crippen LogP contribution in [0.4, 0.5) is 0 Å². The zero-order valence-corrected chi connectivity index (χ0v) is 14.2. The van der Waals surface area contributed by atoms with Crippen LogP contribution < -0.4 is 16.8 Å². The number of amides is 2. The molecule has 0 bridgehead atoms. The molecule has 0 saturated heterocycles. The summed E-state index contributed by atoms with van der Waals surface area (Å²) in [4.78, 5) is 23.7. The van der Waals surface area contributed by atoms with E-state index in [0.717, 1.165) is 35.7 Å². The number of primary amides is 1. The van der Waals surface area contributed by atoms with Crippen molar-refractivity contribution < 1.29 is 9.59 Å². The summed E-state index contributed by atoms with van der Waals surface area (Å²) in [6, 6.07) is 7.47. The van der Waals surface area contributed by atoms with Crippen molar-refractivity contribution in [2.24, 2.45) is 17.4 Å². The van der Waals surface area contributed by atoms with Gasteiger partial charge < -0.3 is 16.8 Å². The van der Waals surface area contributed by atoms with Crippen molar-refractivity contribution in [2.45, 2.75) is 44.2 Å². The molecule has 120 valence electrons. The summed E-state index contributed by atoms with van der Waals surface area (Å²) in [5, 5.41) is 3.00. The quantitative estimate of drug-likeness (QED) is 0.756. The second-order valence-corrected chi connectivity index (χ2v) is 7.05. The Labute approximate surface area is 138 Å². The summed E-state index contributed by atoms with van der Waals surface area (Å²) in [6.45, 7) is 1.71. The van der Waals surface area contributed by atoms with E-state index in [4.69, 9.17) is 11.5 Å². The standard InChI is InChI=1S/C16H22BrN3O2/c1-16(19,11-4-6-12(17)7-5-11)15(22)20-13-8-2-10(3-9-13)14(18)21/h4-7,10,13H,2-3,8-9,19H2,1H3,(H2,18,21)(H,20,22). The van der Waals surface area contributed by atoms with Gasteiger partial charge in [0.05, 0.1) is 0 Å². The van der Waals surface area contributed by atoms with Crippen LogP contribution in [0, 0.1) is 5.92 Å². The molecule has 0 heterocycles. The Bertz CT molecular complexity index is 549. The van der Waals surface area contributed by atoms with E-state index in [2.05, 4.69) is 21.2 Å². The van der Waals surface area contributed by atoms with Gasteiger partial charge in [0.15, 0.2) is 0 Å². The first-order chi connectivity index (χ1) is 10.3. The molecule has 1 atom stereocenters. The Morgan fingerprint density at radius 1 is 1.18 bits per heavy atom. The van der Waals surface area contributed by atoms with Crippen molar-refractivity contribution >= 4 is 27.7 Å². The molecule has 1 fully saturated rings. The number of hydrogen-bond donors (Lipinski definition) is 3. The number of nitrogens with two attached hydrogens (primary N) is 2. The van der Waals surface area contributed by atoms with E-state index in [0.29, 0.717) is 0 Å². The van der Waals surface area contributed by atoms with Crippen molar-refractivity contribution in [3.8, 4) is 0 Å². The molecule has 0 radical (unpaired) electrons. The Balaban J connectivity index is 1.97. The highest BCUT2D eigenvalue weighted by Gasteiger charge is 2.33. The van der Waals surface area contributed by atoms with Gasteiger partial charge in [-0.1, -0.05) is 28.1 Å². The molecule has 0 spiro atoms. The van der Waals surface area contributed by atoms with Crippen LogP contribution in [-0.2, 0) is 15.1 Å². The first kappa shape index (κ1) is 17.0. The highest BCUT2D eigenvalue weighted by Crippen LogP contribution is 2.26. The fraction of sp³-hybridized carbons (Fsp3) is 0.500. The third kappa shape index (κ3) is 3.87. The smallest absolute Gasteiger partial charge is 0.244 e. The molecule has 1 unspecified atom stereocenters. The summed E-state index contributed by atoms with van der Waals surface area (Å²) < 4.78 is 0.942. The molecule has 0 aromatic heterocycles. The van der Waals surface area contributed by atoms with Gasteiger partial charge in [0.2, 0.25) is 11.8 Å². The number of hydrogen-bond acceptors (Lipinski definition) is 3. The molecule has 5 N–H and O–H groups in total. The predicted octanol–water partition coefficient (Wildman–Crippen LogP) is 1.78. The number of nitrogens with one attached hydrogen (secondary N) is 1. The molecule has 6 heteroatoms. The number of carbonyl (C=O) groups is 2. The third-order valence-corrected chi connectivity index (χ3v) is 4.91. The Kier molecular flexibility index (Phi) is 5.24. The summed E-state index contributed by atoms with van der Waals surface area (Å²) in [6.07, 6.45) is 2.96. The van der Waals surface area contributed by atoms with Crippen LogP contribution in [0.2, 0.25) is 0 Å². The first-order valence-electron chi connectivity index (χ1n) is 7.46. The monoisotopic (exact) mass is 367 g/mol. The van der Waals surface area contributed by atoms with Crippen LogP contribution in [0.15, 0.2) is 28.7 Å². The zero-order chi connectivity index (χ0) is 16.3. The van der Waals surface area contributed by atoms with Crippen LogP contribution in [0.1, 0.15) is 38.2 Å². The molecular weight excluding hydrogens is 346 g/mol. The molecule has 1 saturated carbocycles. The molecule has 1 aliphatic rings. The lowest BCUT2D eigenvalue weighted by atomic mass is 9.84. The van der Waals surface area contributed by atoms with E-state index in [1.165, 1.54) is 0 Å². The lowest BCUT2D eigenvalue weighted by molar-refractivity contribution is -0.127. The fourth-order valence-electron chi connectivity index (χ4n) is 2.78. The van der Waals surface area contributed by atoms with Gasteiger partial charge in [-0.3, -0.25) is 9.59 Å². The number of benzene rings is 1. The maximum absolute atomic E-state index is 12.5. The van der Waals surface area contributed by atoms with Gasteiger partial charge in [-0.2, -0.15) is 0 Å². The predicted molar refractivity (Wildman–Crippen MR) is 88.8 cm³/mol. The Morgan fingerprint density at radius 2 is 1.73 bits per heavy atom. The van der Waals surface area contributed by atoms with Crippen LogP contribution in [-0.4, -0.2) is 17.9 Å². The van der Waals surface area contributed by atoms with Gasteiger partial charge in [0.25, 0.3) is 0 Å². The average molecular weight is 368 g/mol. The average Bonchev–Trinajstić information content (AvgIpc) is 2.48. The molecule has 5 nitrogen and oxygen atoms in total. The van der Waals surface area contributed by atoms with Gasteiger partial charge in [0.1, 0.15) is 5.54 Å². The minimum absolute atomic E-state index is 0.0569. The lowest BCUT2D eigenvalue weighted by Crippen LogP contribution is -2.52. The number of rotatable bonds is 4. The molecule has 2 rings (SSSR count). The van der Waals surface area contributed by atoms with Crippen molar-refractivity contribution in [1.82, 2.24) is 5.32 Å². The Hall–Kier alpha value is -1.40. The van der Waals surface area contributed by atoms with E-state index in [1.807, 2.05) is 24.3 Å². The van der Waals surface area contributed by atoms with Crippen molar-refractivity contribution in [3.63, 3.8) is 0 Å². The molecule has 22 heavy (non-hydrogen) atoms. The largest absolute Gasteiger partial charge is 0.369 e. The number of carbonyl (C=O) groups excluding carboxylic acids is 2. The van der Waals surface area contributed by atoms with Crippen LogP contribution in [0.5, 0.6) is 0 Å². The second kappa shape index (κ2) is 6.79. The van der Waals surface area contributed by atoms with Gasteiger partial charge in [-0.25, -0.2) is 0 Å².